The Bertz CT molecular complexity index is 807. The quantitative estimate of drug-likeness (QED) is 0.700. The van der Waals surface area contributed by atoms with Crippen molar-refractivity contribution in [1.29, 1.82) is 0 Å². The van der Waals surface area contributed by atoms with Gasteiger partial charge in [-0.25, -0.2) is 8.42 Å². The number of hydrogen-bond acceptors (Lipinski definition) is 2. The molecule has 22 heavy (non-hydrogen) atoms. The lowest BCUT2D eigenvalue weighted by Gasteiger charge is -2.11. The van der Waals surface area contributed by atoms with Crippen LogP contribution in [0, 0.1) is 0 Å². The summed E-state index contributed by atoms with van der Waals surface area (Å²) in [7, 11) is -4.11. The second-order valence-electron chi connectivity index (χ2n) is 4.26. The molecule has 0 bridgehead atoms. The fourth-order valence-corrected chi connectivity index (χ4v) is 3.33. The number of hydrogen-bond donors (Lipinski definition) is 1. The summed E-state index contributed by atoms with van der Waals surface area (Å²) in [6.07, 6.45) is -4.60. The first-order valence-corrected chi connectivity index (χ1v) is 8.82. The van der Waals surface area contributed by atoms with E-state index in [9.17, 15) is 21.6 Å². The van der Waals surface area contributed by atoms with Crippen molar-refractivity contribution in [2.45, 2.75) is 11.1 Å². The topological polar surface area (TPSA) is 46.2 Å². The molecule has 0 unspecified atom stereocenters. The van der Waals surface area contributed by atoms with Crippen LogP contribution in [0.5, 0.6) is 0 Å². The van der Waals surface area contributed by atoms with Gasteiger partial charge in [-0.1, -0.05) is 6.07 Å². The number of halogens is 5. The molecule has 0 aliphatic carbocycles. The van der Waals surface area contributed by atoms with Crippen LogP contribution in [-0.2, 0) is 16.2 Å². The van der Waals surface area contributed by atoms with E-state index >= 15 is 0 Å². The van der Waals surface area contributed by atoms with E-state index in [4.69, 9.17) is 0 Å². The Morgan fingerprint density at radius 3 is 2.23 bits per heavy atom. The zero-order valence-corrected chi connectivity index (χ0v) is 14.6. The number of benzene rings is 2. The molecular weight excluding hydrogens is 451 g/mol. The van der Waals surface area contributed by atoms with Gasteiger partial charge in [-0.3, -0.25) is 4.72 Å². The average molecular weight is 459 g/mol. The Hall–Kier alpha value is -1.06. The van der Waals surface area contributed by atoms with Crippen LogP contribution in [0.3, 0.4) is 0 Å². The van der Waals surface area contributed by atoms with E-state index in [0.29, 0.717) is 10.5 Å². The highest BCUT2D eigenvalue weighted by molar-refractivity contribution is 9.13. The van der Waals surface area contributed by atoms with E-state index in [0.717, 1.165) is 22.7 Å². The maximum Gasteiger partial charge on any atom is 0.416 e. The van der Waals surface area contributed by atoms with Crippen LogP contribution in [0.2, 0.25) is 0 Å². The molecule has 0 atom stereocenters. The van der Waals surface area contributed by atoms with Crippen LogP contribution >= 0.6 is 31.9 Å². The molecule has 0 radical (unpaired) electrons. The van der Waals surface area contributed by atoms with Crippen molar-refractivity contribution in [1.82, 2.24) is 0 Å². The standard InChI is InChI=1S/C13H8Br2F3NO2S/c14-11-5-4-9(7-12(11)15)19-22(20,21)10-3-1-2-8(6-10)13(16,17)18/h1-7,19H. The summed E-state index contributed by atoms with van der Waals surface area (Å²) in [6, 6.07) is 8.15. The SMILES string of the molecule is O=S(=O)(Nc1ccc(Br)c(Br)c1)c1cccc(C(F)(F)F)c1. The molecule has 0 saturated carbocycles. The van der Waals surface area contributed by atoms with Crippen LogP contribution in [-0.4, -0.2) is 8.42 Å². The lowest BCUT2D eigenvalue weighted by atomic mass is 10.2. The molecule has 9 heteroatoms. The third kappa shape index (κ3) is 4.02. The second-order valence-corrected chi connectivity index (χ2v) is 7.65. The van der Waals surface area contributed by atoms with E-state index < -0.39 is 26.7 Å². The highest BCUT2D eigenvalue weighted by Crippen LogP contribution is 2.31. The summed E-state index contributed by atoms with van der Waals surface area (Å²) in [6.45, 7) is 0. The molecule has 0 heterocycles. The van der Waals surface area contributed by atoms with E-state index in [1.807, 2.05) is 0 Å². The van der Waals surface area contributed by atoms with Gasteiger partial charge in [0.25, 0.3) is 10.0 Å². The van der Waals surface area contributed by atoms with E-state index in [1.165, 1.54) is 12.1 Å². The van der Waals surface area contributed by atoms with Gasteiger partial charge in [0, 0.05) is 8.95 Å². The highest BCUT2D eigenvalue weighted by Gasteiger charge is 2.31. The minimum absolute atomic E-state index is 0.229. The summed E-state index contributed by atoms with van der Waals surface area (Å²) in [5.74, 6) is 0. The molecule has 0 aliphatic heterocycles. The monoisotopic (exact) mass is 457 g/mol. The minimum atomic E-state index is -4.60. The van der Waals surface area contributed by atoms with Crippen LogP contribution < -0.4 is 4.72 Å². The van der Waals surface area contributed by atoms with Crippen LogP contribution in [0.15, 0.2) is 56.3 Å². The third-order valence-corrected chi connectivity index (χ3v) is 5.90. The zero-order valence-electron chi connectivity index (χ0n) is 10.7. The lowest BCUT2D eigenvalue weighted by molar-refractivity contribution is -0.137. The van der Waals surface area contributed by atoms with Crippen molar-refractivity contribution < 1.29 is 21.6 Å². The molecule has 118 valence electrons. The van der Waals surface area contributed by atoms with Crippen molar-refractivity contribution >= 4 is 47.6 Å². The zero-order chi connectivity index (χ0) is 16.5. The Kier molecular flexibility index (Phi) is 4.88. The molecule has 3 nitrogen and oxygen atoms in total. The van der Waals surface area contributed by atoms with Gasteiger partial charge in [-0.15, -0.1) is 0 Å². The number of sulfonamides is 1. The minimum Gasteiger partial charge on any atom is -0.280 e. The normalized spacial score (nSPS) is 12.2. The van der Waals surface area contributed by atoms with Gasteiger partial charge in [0.05, 0.1) is 16.1 Å². The van der Waals surface area contributed by atoms with Crippen LogP contribution in [0.1, 0.15) is 5.56 Å². The Morgan fingerprint density at radius 2 is 1.64 bits per heavy atom. The molecule has 1 N–H and O–H groups in total. The fraction of sp³-hybridized carbons (Fsp3) is 0.0769. The summed E-state index contributed by atoms with van der Waals surface area (Å²) < 4.78 is 65.9. The molecular formula is C13H8Br2F3NO2S. The molecule has 0 spiro atoms. The largest absolute Gasteiger partial charge is 0.416 e. The van der Waals surface area contributed by atoms with Gasteiger partial charge in [-0.05, 0) is 68.3 Å². The molecule has 0 aromatic heterocycles. The smallest absolute Gasteiger partial charge is 0.280 e. The van der Waals surface area contributed by atoms with Gasteiger partial charge in [0.2, 0.25) is 0 Å². The first-order valence-electron chi connectivity index (χ1n) is 5.75. The van der Waals surface area contributed by atoms with Gasteiger partial charge in [0.1, 0.15) is 0 Å². The van der Waals surface area contributed by atoms with E-state index in [2.05, 4.69) is 36.6 Å². The maximum absolute atomic E-state index is 12.7. The fourth-order valence-electron chi connectivity index (χ4n) is 1.61. The van der Waals surface area contributed by atoms with Gasteiger partial charge in [-0.2, -0.15) is 13.2 Å². The molecule has 0 amide bonds. The van der Waals surface area contributed by atoms with E-state index in [1.54, 1.807) is 6.07 Å². The number of anilines is 1. The first-order chi connectivity index (χ1) is 10.1. The molecule has 2 aromatic carbocycles. The molecule has 0 aliphatic rings. The molecule has 0 saturated heterocycles. The molecule has 2 aromatic rings. The first kappa shape index (κ1) is 17.3. The number of rotatable bonds is 3. The Morgan fingerprint density at radius 1 is 0.955 bits per heavy atom. The predicted octanol–water partition coefficient (Wildman–Crippen LogP) is 5.03. The van der Waals surface area contributed by atoms with Gasteiger partial charge < -0.3 is 0 Å². The molecule has 0 fully saturated rings. The predicted molar refractivity (Wildman–Crippen MR) is 84.1 cm³/mol. The van der Waals surface area contributed by atoms with Crippen molar-refractivity contribution in [2.75, 3.05) is 4.72 Å². The molecule has 2 rings (SSSR count). The summed E-state index contributed by atoms with van der Waals surface area (Å²) in [4.78, 5) is -0.457. The Labute approximate surface area is 141 Å². The second kappa shape index (κ2) is 6.21. The van der Waals surface area contributed by atoms with Crippen molar-refractivity contribution in [3.8, 4) is 0 Å². The highest BCUT2D eigenvalue weighted by atomic mass is 79.9. The van der Waals surface area contributed by atoms with Gasteiger partial charge >= 0.3 is 6.18 Å². The lowest BCUT2D eigenvalue weighted by Crippen LogP contribution is -2.14. The van der Waals surface area contributed by atoms with Crippen LogP contribution in [0.4, 0.5) is 18.9 Å². The Balaban J connectivity index is 2.36. The average Bonchev–Trinajstić information content (AvgIpc) is 2.42. The van der Waals surface area contributed by atoms with Crippen molar-refractivity contribution in [2.24, 2.45) is 0 Å². The number of alkyl halides is 3. The van der Waals surface area contributed by atoms with Crippen molar-refractivity contribution in [3.05, 3.63) is 57.0 Å². The maximum atomic E-state index is 12.7. The van der Waals surface area contributed by atoms with E-state index in [-0.39, 0.29) is 5.69 Å². The van der Waals surface area contributed by atoms with Crippen LogP contribution in [0.25, 0.3) is 0 Å². The summed E-state index contributed by atoms with van der Waals surface area (Å²) in [5.41, 5.74) is -0.792. The number of nitrogens with one attached hydrogen (secondary N) is 1. The van der Waals surface area contributed by atoms with Gasteiger partial charge in [0.15, 0.2) is 0 Å². The third-order valence-electron chi connectivity index (χ3n) is 2.64. The summed E-state index contributed by atoms with van der Waals surface area (Å²) >= 11 is 6.45. The van der Waals surface area contributed by atoms with Crippen molar-refractivity contribution in [3.63, 3.8) is 0 Å². The summed E-state index contributed by atoms with van der Waals surface area (Å²) in [5, 5.41) is 0.